The fraction of sp³-hybridized carbons (Fsp3) is 0.533. The lowest BCUT2D eigenvalue weighted by molar-refractivity contribution is -0.122. The third-order valence-corrected chi connectivity index (χ3v) is 3.30. The van der Waals surface area contributed by atoms with Crippen molar-refractivity contribution in [3.05, 3.63) is 35.4 Å². The normalized spacial score (nSPS) is 22.3. The Labute approximate surface area is 114 Å². The third kappa shape index (κ3) is 3.33. The van der Waals surface area contributed by atoms with Crippen LogP contribution in [0.2, 0.25) is 0 Å². The van der Waals surface area contributed by atoms with Crippen LogP contribution in [0.5, 0.6) is 0 Å². The van der Waals surface area contributed by atoms with E-state index in [1.807, 2.05) is 49.9 Å². The van der Waals surface area contributed by atoms with E-state index in [9.17, 15) is 4.79 Å². The molecule has 1 aromatic carbocycles. The van der Waals surface area contributed by atoms with Crippen molar-refractivity contribution in [2.75, 3.05) is 19.6 Å². The second-order valence-corrected chi connectivity index (χ2v) is 5.79. The van der Waals surface area contributed by atoms with Gasteiger partial charge in [-0.2, -0.15) is 0 Å². The minimum absolute atomic E-state index is 0.0542. The topological polar surface area (TPSA) is 55.6 Å². The summed E-state index contributed by atoms with van der Waals surface area (Å²) in [7, 11) is 0. The molecule has 2 N–H and O–H groups in total. The van der Waals surface area contributed by atoms with E-state index in [0.29, 0.717) is 19.6 Å². The van der Waals surface area contributed by atoms with Gasteiger partial charge in [0.25, 0.3) is 5.91 Å². The Hall–Kier alpha value is -1.39. The van der Waals surface area contributed by atoms with E-state index in [0.717, 1.165) is 11.1 Å². The first-order valence-electron chi connectivity index (χ1n) is 6.65. The summed E-state index contributed by atoms with van der Waals surface area (Å²) in [6, 6.07) is 7.68. The van der Waals surface area contributed by atoms with Gasteiger partial charge in [0.05, 0.1) is 11.7 Å². The van der Waals surface area contributed by atoms with Crippen LogP contribution in [0.15, 0.2) is 24.3 Å². The van der Waals surface area contributed by atoms with Crippen LogP contribution in [0.3, 0.4) is 0 Å². The standard InChI is InChI=1S/C15H22N2O2/c1-11-5-4-6-12(7-11)14(18)17-9-13(8-16)19-15(2,3)10-17/h4-7,13H,8-10,16H2,1-3H3. The van der Waals surface area contributed by atoms with Crippen LogP contribution < -0.4 is 5.73 Å². The van der Waals surface area contributed by atoms with Crippen LogP contribution in [0, 0.1) is 6.92 Å². The largest absolute Gasteiger partial charge is 0.367 e. The Balaban J connectivity index is 2.18. The molecule has 0 radical (unpaired) electrons. The monoisotopic (exact) mass is 262 g/mol. The smallest absolute Gasteiger partial charge is 0.254 e. The molecule has 1 amide bonds. The average Bonchev–Trinajstić information content (AvgIpc) is 2.36. The summed E-state index contributed by atoms with van der Waals surface area (Å²) in [5, 5.41) is 0. The highest BCUT2D eigenvalue weighted by atomic mass is 16.5. The molecule has 104 valence electrons. The lowest BCUT2D eigenvalue weighted by atomic mass is 10.0. The predicted molar refractivity (Wildman–Crippen MR) is 75.1 cm³/mol. The average molecular weight is 262 g/mol. The number of nitrogens with two attached hydrogens (primary N) is 1. The van der Waals surface area contributed by atoms with Gasteiger partial charge < -0.3 is 15.4 Å². The summed E-state index contributed by atoms with van der Waals surface area (Å²) in [6.07, 6.45) is -0.0856. The molecule has 4 heteroatoms. The van der Waals surface area contributed by atoms with Crippen molar-refractivity contribution in [3.8, 4) is 0 Å². The van der Waals surface area contributed by atoms with Crippen molar-refractivity contribution >= 4 is 5.91 Å². The zero-order valence-corrected chi connectivity index (χ0v) is 11.8. The van der Waals surface area contributed by atoms with E-state index in [2.05, 4.69) is 0 Å². The maximum atomic E-state index is 12.5. The lowest BCUT2D eigenvalue weighted by Gasteiger charge is -2.42. The Bertz CT molecular complexity index is 471. The van der Waals surface area contributed by atoms with Crippen LogP contribution in [-0.4, -0.2) is 42.1 Å². The molecule has 1 unspecified atom stereocenters. The molecule has 1 aliphatic rings. The summed E-state index contributed by atoms with van der Waals surface area (Å²) < 4.78 is 5.84. The summed E-state index contributed by atoms with van der Waals surface area (Å²) in [5.41, 5.74) is 7.16. The van der Waals surface area contributed by atoms with Crippen LogP contribution in [0.1, 0.15) is 29.8 Å². The maximum Gasteiger partial charge on any atom is 0.254 e. The number of benzene rings is 1. The fourth-order valence-electron chi connectivity index (χ4n) is 2.53. The summed E-state index contributed by atoms with van der Waals surface area (Å²) >= 11 is 0. The van der Waals surface area contributed by atoms with Gasteiger partial charge in [0, 0.05) is 25.2 Å². The molecule has 0 spiro atoms. The molecular weight excluding hydrogens is 240 g/mol. The Morgan fingerprint density at radius 2 is 2.26 bits per heavy atom. The molecule has 1 heterocycles. The number of aryl methyl sites for hydroxylation is 1. The van der Waals surface area contributed by atoms with Gasteiger partial charge in [0.1, 0.15) is 0 Å². The van der Waals surface area contributed by atoms with E-state index < -0.39 is 0 Å². The summed E-state index contributed by atoms with van der Waals surface area (Å²) in [6.45, 7) is 7.56. The van der Waals surface area contributed by atoms with Crippen molar-refractivity contribution in [2.45, 2.75) is 32.5 Å². The Morgan fingerprint density at radius 1 is 1.53 bits per heavy atom. The first kappa shape index (κ1) is 14.0. The fourth-order valence-corrected chi connectivity index (χ4v) is 2.53. The van der Waals surface area contributed by atoms with Crippen molar-refractivity contribution in [2.24, 2.45) is 5.73 Å². The SMILES string of the molecule is Cc1cccc(C(=O)N2CC(CN)OC(C)(C)C2)c1. The minimum atomic E-state index is -0.345. The highest BCUT2D eigenvalue weighted by molar-refractivity contribution is 5.94. The molecule has 1 fully saturated rings. The van der Waals surface area contributed by atoms with Gasteiger partial charge in [0.2, 0.25) is 0 Å². The zero-order chi connectivity index (χ0) is 14.0. The highest BCUT2D eigenvalue weighted by Crippen LogP contribution is 2.22. The zero-order valence-electron chi connectivity index (χ0n) is 11.8. The van der Waals surface area contributed by atoms with Crippen LogP contribution in [0.25, 0.3) is 0 Å². The number of ether oxygens (including phenoxy) is 1. The van der Waals surface area contributed by atoms with E-state index in [1.165, 1.54) is 0 Å². The van der Waals surface area contributed by atoms with Crippen LogP contribution in [-0.2, 0) is 4.74 Å². The number of rotatable bonds is 2. The minimum Gasteiger partial charge on any atom is -0.367 e. The molecule has 0 aliphatic carbocycles. The van der Waals surface area contributed by atoms with Gasteiger partial charge in [0.15, 0.2) is 0 Å². The van der Waals surface area contributed by atoms with Gasteiger partial charge in [-0.25, -0.2) is 0 Å². The van der Waals surface area contributed by atoms with Gasteiger partial charge >= 0.3 is 0 Å². The van der Waals surface area contributed by atoms with Crippen LogP contribution >= 0.6 is 0 Å². The van der Waals surface area contributed by atoms with Crippen molar-refractivity contribution in [3.63, 3.8) is 0 Å². The molecular formula is C15H22N2O2. The number of morpholine rings is 1. The number of hydrogen-bond donors (Lipinski definition) is 1. The Kier molecular flexibility index (Phi) is 3.92. The molecule has 1 aromatic rings. The predicted octanol–water partition coefficient (Wildman–Crippen LogP) is 1.57. The highest BCUT2D eigenvalue weighted by Gasteiger charge is 2.35. The molecule has 19 heavy (non-hydrogen) atoms. The van der Waals surface area contributed by atoms with Crippen molar-refractivity contribution in [1.82, 2.24) is 4.90 Å². The van der Waals surface area contributed by atoms with E-state index in [-0.39, 0.29) is 17.6 Å². The molecule has 0 saturated carbocycles. The number of nitrogens with zero attached hydrogens (tertiary/aromatic N) is 1. The second kappa shape index (κ2) is 5.31. The molecule has 2 rings (SSSR count). The van der Waals surface area contributed by atoms with E-state index in [4.69, 9.17) is 10.5 Å². The lowest BCUT2D eigenvalue weighted by Crippen LogP contribution is -2.56. The number of carbonyl (C=O) groups is 1. The molecule has 0 aromatic heterocycles. The van der Waals surface area contributed by atoms with E-state index >= 15 is 0 Å². The first-order chi connectivity index (χ1) is 8.91. The molecule has 4 nitrogen and oxygen atoms in total. The van der Waals surface area contributed by atoms with Gasteiger partial charge in [-0.1, -0.05) is 17.7 Å². The van der Waals surface area contributed by atoms with Crippen molar-refractivity contribution < 1.29 is 9.53 Å². The number of hydrogen-bond acceptors (Lipinski definition) is 3. The molecule has 1 saturated heterocycles. The number of carbonyl (C=O) groups excluding carboxylic acids is 1. The molecule has 1 aliphatic heterocycles. The molecule has 0 bridgehead atoms. The Morgan fingerprint density at radius 3 is 2.89 bits per heavy atom. The van der Waals surface area contributed by atoms with Gasteiger partial charge in [-0.3, -0.25) is 4.79 Å². The summed E-state index contributed by atoms with van der Waals surface area (Å²) in [4.78, 5) is 14.4. The summed E-state index contributed by atoms with van der Waals surface area (Å²) in [5.74, 6) is 0.0542. The third-order valence-electron chi connectivity index (χ3n) is 3.30. The van der Waals surface area contributed by atoms with E-state index in [1.54, 1.807) is 0 Å². The van der Waals surface area contributed by atoms with Crippen LogP contribution in [0.4, 0.5) is 0 Å². The maximum absolute atomic E-state index is 12.5. The quantitative estimate of drug-likeness (QED) is 0.880. The van der Waals surface area contributed by atoms with Gasteiger partial charge in [-0.15, -0.1) is 0 Å². The van der Waals surface area contributed by atoms with Crippen molar-refractivity contribution in [1.29, 1.82) is 0 Å². The second-order valence-electron chi connectivity index (χ2n) is 5.79. The molecule has 1 atom stereocenters. The first-order valence-corrected chi connectivity index (χ1v) is 6.65. The number of amides is 1. The van der Waals surface area contributed by atoms with Gasteiger partial charge in [-0.05, 0) is 32.9 Å².